The number of hydrogen-bond donors (Lipinski definition) is 1. The van der Waals surface area contributed by atoms with Crippen LogP contribution in [0.15, 0.2) is 6.20 Å². The molecule has 25 heavy (non-hydrogen) atoms. The van der Waals surface area contributed by atoms with E-state index in [0.717, 1.165) is 13.1 Å². The van der Waals surface area contributed by atoms with E-state index in [4.69, 9.17) is 4.74 Å². The first kappa shape index (κ1) is 19.8. The summed E-state index contributed by atoms with van der Waals surface area (Å²) in [7, 11) is 3.87. The molecule has 0 unspecified atom stereocenters. The fraction of sp³-hybridized carbons (Fsp3) is 0.789. The molecule has 0 saturated heterocycles. The van der Waals surface area contributed by atoms with Crippen LogP contribution in [0.4, 0.5) is 4.79 Å². The molecule has 1 heterocycles. The number of likely N-dealkylation sites (N-methyl/N-ethyl adjacent to an activating group) is 2. The Labute approximate surface area is 151 Å². The molecule has 1 aromatic rings. The molecule has 2 rings (SSSR count). The molecule has 0 aromatic carbocycles. The Morgan fingerprint density at radius 1 is 1.24 bits per heavy atom. The van der Waals surface area contributed by atoms with Crippen LogP contribution in [0.3, 0.4) is 0 Å². The number of H-pyrrole nitrogens is 1. The van der Waals surface area contributed by atoms with Crippen LogP contribution in [0.1, 0.15) is 70.1 Å². The monoisotopic (exact) mass is 350 g/mol. The molecule has 1 fully saturated rings. The number of hydrogen-bond acceptors (Lipinski definition) is 4. The van der Waals surface area contributed by atoms with E-state index in [1.54, 1.807) is 11.9 Å². The van der Waals surface area contributed by atoms with E-state index >= 15 is 0 Å². The van der Waals surface area contributed by atoms with Gasteiger partial charge in [-0.1, -0.05) is 19.3 Å². The van der Waals surface area contributed by atoms with E-state index in [1.807, 2.05) is 27.0 Å². The normalized spacial score (nSPS) is 16.2. The molecule has 0 atom stereocenters. The molecule has 0 spiro atoms. The van der Waals surface area contributed by atoms with Gasteiger partial charge in [0.2, 0.25) is 0 Å². The molecule has 1 N–H and O–H groups in total. The van der Waals surface area contributed by atoms with E-state index in [1.165, 1.54) is 43.4 Å². The number of ether oxygens (including phenoxy) is 1. The fourth-order valence-electron chi connectivity index (χ4n) is 3.31. The third-order valence-electron chi connectivity index (χ3n) is 4.73. The van der Waals surface area contributed by atoms with Crippen molar-refractivity contribution in [3.05, 3.63) is 17.5 Å². The molecule has 1 aliphatic rings. The second kappa shape index (κ2) is 8.70. The van der Waals surface area contributed by atoms with Crippen LogP contribution in [0.2, 0.25) is 0 Å². The van der Waals surface area contributed by atoms with Crippen LogP contribution in [0, 0.1) is 0 Å². The minimum atomic E-state index is -0.455. The topological polar surface area (TPSA) is 61.5 Å². The number of aromatic amines is 1. The van der Waals surface area contributed by atoms with Crippen LogP contribution in [-0.2, 0) is 11.3 Å². The molecule has 142 valence electrons. The van der Waals surface area contributed by atoms with E-state index in [-0.39, 0.29) is 6.09 Å². The van der Waals surface area contributed by atoms with Gasteiger partial charge in [-0.05, 0) is 40.7 Å². The van der Waals surface area contributed by atoms with Crippen molar-refractivity contribution in [2.45, 2.75) is 70.9 Å². The lowest BCUT2D eigenvalue weighted by Crippen LogP contribution is -2.38. The SMILES string of the molecule is CN(CCN(C)C(=O)OC(C)(C)C)Cc1cn[nH]c1C1CCCCC1. The summed E-state index contributed by atoms with van der Waals surface area (Å²) in [6.45, 7) is 7.95. The van der Waals surface area contributed by atoms with Crippen molar-refractivity contribution in [2.75, 3.05) is 27.2 Å². The molecule has 6 nitrogen and oxygen atoms in total. The van der Waals surface area contributed by atoms with Crippen LogP contribution in [0.5, 0.6) is 0 Å². The maximum Gasteiger partial charge on any atom is 0.410 e. The Kier molecular flexibility index (Phi) is 6.87. The van der Waals surface area contributed by atoms with Crippen molar-refractivity contribution in [3.8, 4) is 0 Å². The van der Waals surface area contributed by atoms with Gasteiger partial charge in [0, 0.05) is 43.9 Å². The number of nitrogens with one attached hydrogen (secondary N) is 1. The molecular weight excluding hydrogens is 316 g/mol. The first-order valence-electron chi connectivity index (χ1n) is 9.41. The van der Waals surface area contributed by atoms with Crippen LogP contribution in [0.25, 0.3) is 0 Å². The largest absolute Gasteiger partial charge is 0.444 e. The predicted molar refractivity (Wildman–Crippen MR) is 99.6 cm³/mol. The standard InChI is InChI=1S/C19H34N4O2/c1-19(2,3)25-18(24)23(5)12-11-22(4)14-16-13-20-21-17(16)15-9-7-6-8-10-15/h13,15H,6-12,14H2,1-5H3,(H,20,21). The Morgan fingerprint density at radius 3 is 2.56 bits per heavy atom. The van der Waals surface area contributed by atoms with Crippen LogP contribution in [-0.4, -0.2) is 58.9 Å². The van der Waals surface area contributed by atoms with Gasteiger partial charge in [-0.2, -0.15) is 5.10 Å². The second-order valence-corrected chi connectivity index (χ2v) is 8.28. The molecule has 1 amide bonds. The number of aromatic nitrogens is 2. The van der Waals surface area contributed by atoms with Crippen molar-refractivity contribution in [1.82, 2.24) is 20.0 Å². The number of nitrogens with zero attached hydrogens (tertiary/aromatic N) is 3. The van der Waals surface area contributed by atoms with Gasteiger partial charge in [-0.3, -0.25) is 5.10 Å². The van der Waals surface area contributed by atoms with Crippen molar-refractivity contribution < 1.29 is 9.53 Å². The zero-order valence-corrected chi connectivity index (χ0v) is 16.5. The highest BCUT2D eigenvalue weighted by Gasteiger charge is 2.22. The summed E-state index contributed by atoms with van der Waals surface area (Å²) in [5, 5.41) is 7.51. The maximum absolute atomic E-state index is 12.0. The average Bonchev–Trinajstić information content (AvgIpc) is 2.99. The lowest BCUT2D eigenvalue weighted by molar-refractivity contribution is 0.0286. The smallest absolute Gasteiger partial charge is 0.410 e. The average molecular weight is 351 g/mol. The quantitative estimate of drug-likeness (QED) is 0.848. The van der Waals surface area contributed by atoms with Gasteiger partial charge in [-0.15, -0.1) is 0 Å². The minimum absolute atomic E-state index is 0.271. The van der Waals surface area contributed by atoms with E-state index in [0.29, 0.717) is 12.5 Å². The molecule has 0 radical (unpaired) electrons. The molecular formula is C19H34N4O2. The van der Waals surface area contributed by atoms with E-state index < -0.39 is 5.60 Å². The highest BCUT2D eigenvalue weighted by Crippen LogP contribution is 2.33. The van der Waals surface area contributed by atoms with E-state index in [2.05, 4.69) is 22.1 Å². The Balaban J connectivity index is 1.81. The van der Waals surface area contributed by atoms with Crippen molar-refractivity contribution in [2.24, 2.45) is 0 Å². The van der Waals surface area contributed by atoms with Gasteiger partial charge in [0.15, 0.2) is 0 Å². The maximum atomic E-state index is 12.0. The summed E-state index contributed by atoms with van der Waals surface area (Å²) < 4.78 is 5.39. The second-order valence-electron chi connectivity index (χ2n) is 8.28. The third kappa shape index (κ3) is 6.34. The summed E-state index contributed by atoms with van der Waals surface area (Å²) >= 11 is 0. The van der Waals surface area contributed by atoms with Crippen LogP contribution >= 0.6 is 0 Å². The number of rotatable bonds is 6. The van der Waals surface area contributed by atoms with Gasteiger partial charge in [0.1, 0.15) is 5.60 Å². The molecule has 1 saturated carbocycles. The summed E-state index contributed by atoms with van der Waals surface area (Å²) in [6, 6.07) is 0. The zero-order valence-electron chi connectivity index (χ0n) is 16.5. The first-order chi connectivity index (χ1) is 11.8. The molecule has 0 aliphatic heterocycles. The van der Waals surface area contributed by atoms with Crippen molar-refractivity contribution >= 4 is 6.09 Å². The van der Waals surface area contributed by atoms with E-state index in [9.17, 15) is 4.79 Å². The lowest BCUT2D eigenvalue weighted by Gasteiger charge is -2.26. The summed E-state index contributed by atoms with van der Waals surface area (Å²) in [6.07, 6.45) is 8.21. The van der Waals surface area contributed by atoms with Crippen molar-refractivity contribution in [1.29, 1.82) is 0 Å². The fourth-order valence-corrected chi connectivity index (χ4v) is 3.31. The zero-order chi connectivity index (χ0) is 18.4. The van der Waals surface area contributed by atoms with Gasteiger partial charge >= 0.3 is 6.09 Å². The van der Waals surface area contributed by atoms with Gasteiger partial charge < -0.3 is 14.5 Å². The summed E-state index contributed by atoms with van der Waals surface area (Å²) in [5.74, 6) is 0.629. The Morgan fingerprint density at radius 2 is 1.92 bits per heavy atom. The summed E-state index contributed by atoms with van der Waals surface area (Å²) in [4.78, 5) is 15.9. The minimum Gasteiger partial charge on any atom is -0.444 e. The predicted octanol–water partition coefficient (Wildman–Crippen LogP) is 3.76. The molecule has 1 aromatic heterocycles. The van der Waals surface area contributed by atoms with Gasteiger partial charge in [0.25, 0.3) is 0 Å². The van der Waals surface area contributed by atoms with Crippen LogP contribution < -0.4 is 0 Å². The molecule has 6 heteroatoms. The third-order valence-corrected chi connectivity index (χ3v) is 4.73. The van der Waals surface area contributed by atoms with Gasteiger partial charge in [-0.25, -0.2) is 4.79 Å². The highest BCUT2D eigenvalue weighted by atomic mass is 16.6. The Bertz CT molecular complexity index is 544. The highest BCUT2D eigenvalue weighted by molar-refractivity contribution is 5.67. The number of amides is 1. The molecule has 0 bridgehead atoms. The lowest BCUT2D eigenvalue weighted by atomic mass is 9.85. The molecule has 1 aliphatic carbocycles. The first-order valence-corrected chi connectivity index (χ1v) is 9.41. The van der Waals surface area contributed by atoms with Crippen molar-refractivity contribution in [3.63, 3.8) is 0 Å². The van der Waals surface area contributed by atoms with Gasteiger partial charge in [0.05, 0.1) is 6.20 Å². The summed E-state index contributed by atoms with van der Waals surface area (Å²) in [5.41, 5.74) is 2.14. The number of carbonyl (C=O) groups excluding carboxylic acids is 1. The number of carbonyl (C=O) groups is 1. The Hall–Kier alpha value is -1.56.